The minimum Gasteiger partial charge on any atom is -0.206 e. The van der Waals surface area contributed by atoms with E-state index in [1.807, 2.05) is 0 Å². The minimum atomic E-state index is -1.06. The molecule has 0 radical (unpaired) electrons. The van der Waals surface area contributed by atoms with Gasteiger partial charge in [0, 0.05) is 0 Å². The van der Waals surface area contributed by atoms with Gasteiger partial charge in [-0.15, -0.1) is 0 Å². The van der Waals surface area contributed by atoms with Crippen LogP contribution in [0.1, 0.15) is 63.0 Å². The van der Waals surface area contributed by atoms with Crippen molar-refractivity contribution in [2.75, 3.05) is 0 Å². The fourth-order valence-corrected chi connectivity index (χ4v) is 4.33. The molecule has 1 fully saturated rings. The molecule has 0 heterocycles. The Kier molecular flexibility index (Phi) is 5.71. The molecule has 3 rings (SSSR count). The van der Waals surface area contributed by atoms with E-state index in [0.29, 0.717) is 23.3 Å². The first-order valence-electron chi connectivity index (χ1n) is 9.57. The van der Waals surface area contributed by atoms with Crippen LogP contribution < -0.4 is 0 Å². The van der Waals surface area contributed by atoms with Crippen molar-refractivity contribution < 1.29 is 13.2 Å². The van der Waals surface area contributed by atoms with Crippen LogP contribution in [0, 0.1) is 36.2 Å². The minimum absolute atomic E-state index is 0.202. The molecule has 2 aromatic carbocycles. The van der Waals surface area contributed by atoms with E-state index in [9.17, 15) is 13.2 Å². The summed E-state index contributed by atoms with van der Waals surface area (Å²) in [5, 5.41) is 0.227. The fourth-order valence-electron chi connectivity index (χ4n) is 4.33. The molecular formula is C22H27F3. The molecule has 0 spiro atoms. The molecule has 1 saturated carbocycles. The van der Waals surface area contributed by atoms with E-state index in [0.717, 1.165) is 12.3 Å². The van der Waals surface area contributed by atoms with E-state index in [1.54, 1.807) is 12.1 Å². The molecule has 0 atom stereocenters. The second-order valence-corrected chi connectivity index (χ2v) is 7.67. The maximum absolute atomic E-state index is 14.8. The molecule has 0 aromatic heterocycles. The maximum Gasteiger partial charge on any atom is 0.169 e. The van der Waals surface area contributed by atoms with Crippen LogP contribution in [0.2, 0.25) is 0 Å². The molecule has 2 aromatic rings. The maximum atomic E-state index is 14.8. The van der Waals surface area contributed by atoms with Gasteiger partial charge in [-0.3, -0.25) is 0 Å². The molecule has 1 aliphatic carbocycles. The first-order valence-corrected chi connectivity index (χ1v) is 9.57. The third kappa shape index (κ3) is 3.86. The van der Waals surface area contributed by atoms with Gasteiger partial charge in [0.25, 0.3) is 0 Å². The van der Waals surface area contributed by atoms with Crippen LogP contribution in [0.15, 0.2) is 18.2 Å². The van der Waals surface area contributed by atoms with Gasteiger partial charge in [-0.2, -0.15) is 0 Å². The molecule has 0 bridgehead atoms. The number of hydrogen-bond donors (Lipinski definition) is 0. The van der Waals surface area contributed by atoms with E-state index >= 15 is 0 Å². The normalized spacial score (nSPS) is 21.0. The first kappa shape index (κ1) is 18.3. The van der Waals surface area contributed by atoms with Crippen LogP contribution in [0.25, 0.3) is 10.8 Å². The fraction of sp³-hybridized carbons (Fsp3) is 0.545. The van der Waals surface area contributed by atoms with Gasteiger partial charge in [0.2, 0.25) is 0 Å². The van der Waals surface area contributed by atoms with Gasteiger partial charge in [-0.25, -0.2) is 13.2 Å². The Morgan fingerprint density at radius 2 is 1.52 bits per heavy atom. The summed E-state index contributed by atoms with van der Waals surface area (Å²) >= 11 is 0. The molecule has 3 heteroatoms. The number of halogens is 3. The number of hydrogen-bond acceptors (Lipinski definition) is 0. The average molecular weight is 348 g/mol. The highest BCUT2D eigenvalue weighted by Gasteiger charge is 2.22. The predicted molar refractivity (Wildman–Crippen MR) is 97.2 cm³/mol. The van der Waals surface area contributed by atoms with Gasteiger partial charge >= 0.3 is 0 Å². The van der Waals surface area contributed by atoms with Crippen molar-refractivity contribution in [2.45, 2.75) is 65.2 Å². The van der Waals surface area contributed by atoms with Crippen LogP contribution in [0.5, 0.6) is 0 Å². The molecule has 0 saturated heterocycles. The number of fused-ring (bicyclic) bond motifs is 1. The Morgan fingerprint density at radius 3 is 2.16 bits per heavy atom. The predicted octanol–water partition coefficient (Wildman–Crippen LogP) is 7.10. The zero-order valence-electron chi connectivity index (χ0n) is 15.2. The van der Waals surface area contributed by atoms with Gasteiger partial charge in [0.05, 0.1) is 5.39 Å². The lowest BCUT2D eigenvalue weighted by Crippen LogP contribution is -2.15. The summed E-state index contributed by atoms with van der Waals surface area (Å²) in [7, 11) is 0. The summed E-state index contributed by atoms with van der Waals surface area (Å²) in [5.74, 6) is -1.11. The van der Waals surface area contributed by atoms with Gasteiger partial charge in [-0.05, 0) is 54.2 Å². The van der Waals surface area contributed by atoms with Crippen LogP contribution >= 0.6 is 0 Å². The van der Waals surface area contributed by atoms with Crippen molar-refractivity contribution in [3.05, 3.63) is 46.8 Å². The highest BCUT2D eigenvalue weighted by molar-refractivity contribution is 5.85. The summed E-state index contributed by atoms with van der Waals surface area (Å²) < 4.78 is 42.8. The third-order valence-electron chi connectivity index (χ3n) is 5.87. The van der Waals surface area contributed by atoms with Gasteiger partial charge < -0.3 is 0 Å². The third-order valence-corrected chi connectivity index (χ3v) is 5.87. The Hall–Kier alpha value is -1.51. The zero-order valence-corrected chi connectivity index (χ0v) is 15.2. The van der Waals surface area contributed by atoms with Crippen molar-refractivity contribution in [3.63, 3.8) is 0 Å². The molecule has 0 N–H and O–H groups in total. The molecule has 1 aliphatic rings. The molecule has 0 aliphatic heterocycles. The summed E-state index contributed by atoms with van der Waals surface area (Å²) in [6, 6.07) is 4.95. The molecule has 136 valence electrons. The zero-order chi connectivity index (χ0) is 18.0. The standard InChI is InChI=1S/C22H27F3/c1-3-4-15-5-7-16(8-6-15)9-10-17-11-12-18-13-14(2)20(23)22(25)19(18)21(17)24/h11-13,15-16H,3-10H2,1-2H3. The van der Waals surface area contributed by atoms with Crippen molar-refractivity contribution in [2.24, 2.45) is 11.8 Å². The summed E-state index contributed by atoms with van der Waals surface area (Å²) in [4.78, 5) is 0. The Balaban J connectivity index is 1.71. The van der Waals surface area contributed by atoms with Gasteiger partial charge in [0.1, 0.15) is 5.82 Å². The lowest BCUT2D eigenvalue weighted by molar-refractivity contribution is 0.252. The van der Waals surface area contributed by atoms with E-state index in [1.165, 1.54) is 51.5 Å². The molecule has 25 heavy (non-hydrogen) atoms. The SMILES string of the molecule is CCCC1CCC(CCc2ccc3cc(C)c(F)c(F)c3c2F)CC1. The number of benzene rings is 2. The Bertz CT molecular complexity index is 743. The van der Waals surface area contributed by atoms with E-state index in [4.69, 9.17) is 0 Å². The quantitative estimate of drug-likeness (QED) is 0.540. The van der Waals surface area contributed by atoms with Crippen molar-refractivity contribution >= 4 is 10.8 Å². The van der Waals surface area contributed by atoms with Crippen LogP contribution in [-0.2, 0) is 6.42 Å². The topological polar surface area (TPSA) is 0 Å². The second-order valence-electron chi connectivity index (χ2n) is 7.67. The van der Waals surface area contributed by atoms with Crippen molar-refractivity contribution in [3.8, 4) is 0 Å². The monoisotopic (exact) mass is 348 g/mol. The Labute approximate surface area is 148 Å². The largest absolute Gasteiger partial charge is 0.206 e. The molecular weight excluding hydrogens is 321 g/mol. The summed E-state index contributed by atoms with van der Waals surface area (Å²) in [6.07, 6.45) is 9.06. The first-order chi connectivity index (χ1) is 12.0. The van der Waals surface area contributed by atoms with E-state index < -0.39 is 17.5 Å². The van der Waals surface area contributed by atoms with Crippen LogP contribution in [0.3, 0.4) is 0 Å². The number of aryl methyl sites for hydroxylation is 2. The van der Waals surface area contributed by atoms with E-state index in [-0.39, 0.29) is 10.9 Å². The Morgan fingerprint density at radius 1 is 0.880 bits per heavy atom. The lowest BCUT2D eigenvalue weighted by Gasteiger charge is -2.28. The van der Waals surface area contributed by atoms with Gasteiger partial charge in [0.15, 0.2) is 11.6 Å². The van der Waals surface area contributed by atoms with Crippen LogP contribution in [0.4, 0.5) is 13.2 Å². The molecule has 0 amide bonds. The van der Waals surface area contributed by atoms with Gasteiger partial charge in [-0.1, -0.05) is 57.6 Å². The summed E-state index contributed by atoms with van der Waals surface area (Å²) in [5.41, 5.74) is 0.714. The number of rotatable bonds is 5. The molecule has 0 nitrogen and oxygen atoms in total. The van der Waals surface area contributed by atoms with Crippen molar-refractivity contribution in [1.82, 2.24) is 0 Å². The van der Waals surface area contributed by atoms with Crippen molar-refractivity contribution in [1.29, 1.82) is 0 Å². The highest BCUT2D eigenvalue weighted by atomic mass is 19.2. The molecule has 0 unspecified atom stereocenters. The highest BCUT2D eigenvalue weighted by Crippen LogP contribution is 2.35. The summed E-state index contributed by atoms with van der Waals surface area (Å²) in [6.45, 7) is 3.73. The second kappa shape index (κ2) is 7.80. The van der Waals surface area contributed by atoms with E-state index in [2.05, 4.69) is 6.92 Å². The smallest absolute Gasteiger partial charge is 0.169 e. The average Bonchev–Trinajstić information content (AvgIpc) is 2.60. The lowest BCUT2D eigenvalue weighted by atomic mass is 9.78. The van der Waals surface area contributed by atoms with Crippen LogP contribution in [-0.4, -0.2) is 0 Å².